The van der Waals surface area contributed by atoms with E-state index in [4.69, 9.17) is 14.2 Å². The molecule has 0 N–H and O–H groups in total. The average molecular weight is 234 g/mol. The summed E-state index contributed by atoms with van der Waals surface area (Å²) < 4.78 is 17.4. The minimum atomic E-state index is -0.224. The van der Waals surface area contributed by atoms with Crippen LogP contribution in [0, 0.1) is 6.92 Å². The third-order valence-electron chi connectivity index (χ3n) is 3.91. The van der Waals surface area contributed by atoms with Gasteiger partial charge in [0.2, 0.25) is 0 Å². The highest BCUT2D eigenvalue weighted by Crippen LogP contribution is 2.50. The van der Waals surface area contributed by atoms with Gasteiger partial charge in [-0.25, -0.2) is 0 Å². The third kappa shape index (κ3) is 1.45. The minimum Gasteiger partial charge on any atom is -0.496 e. The molecule has 0 aromatic heterocycles. The summed E-state index contributed by atoms with van der Waals surface area (Å²) in [6, 6.07) is 4.11. The van der Waals surface area contributed by atoms with Crippen LogP contribution in [0.25, 0.3) is 0 Å². The van der Waals surface area contributed by atoms with Crippen LogP contribution in [0.5, 0.6) is 11.5 Å². The molecule has 3 nitrogen and oxygen atoms in total. The van der Waals surface area contributed by atoms with E-state index in [0.29, 0.717) is 0 Å². The SMILES string of the molecule is COc1cc2c(cc1C)O[C@@H]1C[C@@]2(C)O[C@H]1C. The van der Waals surface area contributed by atoms with Crippen molar-refractivity contribution in [3.8, 4) is 11.5 Å². The Kier molecular flexibility index (Phi) is 2.17. The lowest BCUT2D eigenvalue weighted by atomic mass is 9.87. The summed E-state index contributed by atoms with van der Waals surface area (Å²) in [5, 5.41) is 0. The molecule has 3 heteroatoms. The van der Waals surface area contributed by atoms with E-state index in [2.05, 4.69) is 26.0 Å². The monoisotopic (exact) mass is 234 g/mol. The van der Waals surface area contributed by atoms with Gasteiger partial charge in [-0.05, 0) is 38.5 Å². The van der Waals surface area contributed by atoms with Crippen molar-refractivity contribution in [3.05, 3.63) is 23.3 Å². The van der Waals surface area contributed by atoms with Crippen molar-refractivity contribution in [2.45, 2.75) is 45.0 Å². The molecule has 0 radical (unpaired) electrons. The van der Waals surface area contributed by atoms with Crippen LogP contribution < -0.4 is 9.47 Å². The summed E-state index contributed by atoms with van der Waals surface area (Å²) in [7, 11) is 1.70. The van der Waals surface area contributed by atoms with Gasteiger partial charge in [0.15, 0.2) is 0 Å². The number of hydrogen-bond donors (Lipinski definition) is 0. The van der Waals surface area contributed by atoms with Crippen molar-refractivity contribution in [3.63, 3.8) is 0 Å². The van der Waals surface area contributed by atoms with Gasteiger partial charge in [0, 0.05) is 12.0 Å². The molecule has 0 saturated carbocycles. The molecule has 17 heavy (non-hydrogen) atoms. The summed E-state index contributed by atoms with van der Waals surface area (Å²) in [5.74, 6) is 1.85. The normalized spacial score (nSPS) is 34.1. The highest BCUT2D eigenvalue weighted by molar-refractivity contribution is 5.50. The fourth-order valence-corrected chi connectivity index (χ4v) is 2.95. The van der Waals surface area contributed by atoms with E-state index < -0.39 is 0 Å². The summed E-state index contributed by atoms with van der Waals surface area (Å²) >= 11 is 0. The van der Waals surface area contributed by atoms with Gasteiger partial charge in [-0.2, -0.15) is 0 Å². The van der Waals surface area contributed by atoms with E-state index in [1.54, 1.807) is 7.11 Å². The molecule has 2 bridgehead atoms. The van der Waals surface area contributed by atoms with Crippen molar-refractivity contribution < 1.29 is 14.2 Å². The summed E-state index contributed by atoms with van der Waals surface area (Å²) in [4.78, 5) is 0. The molecule has 1 aromatic rings. The van der Waals surface area contributed by atoms with Gasteiger partial charge >= 0.3 is 0 Å². The molecule has 92 valence electrons. The van der Waals surface area contributed by atoms with Crippen molar-refractivity contribution in [2.24, 2.45) is 0 Å². The molecule has 0 spiro atoms. The first kappa shape index (κ1) is 10.9. The van der Waals surface area contributed by atoms with Crippen LogP contribution in [0.3, 0.4) is 0 Å². The highest BCUT2D eigenvalue weighted by Gasteiger charge is 2.49. The van der Waals surface area contributed by atoms with E-state index in [1.165, 1.54) is 0 Å². The van der Waals surface area contributed by atoms with Crippen LogP contribution >= 0.6 is 0 Å². The Morgan fingerprint density at radius 3 is 2.88 bits per heavy atom. The Balaban J connectivity index is 2.15. The maximum absolute atomic E-state index is 6.06. The molecule has 1 aromatic carbocycles. The van der Waals surface area contributed by atoms with Gasteiger partial charge in [-0.3, -0.25) is 0 Å². The van der Waals surface area contributed by atoms with Crippen LogP contribution in [-0.4, -0.2) is 19.3 Å². The summed E-state index contributed by atoms with van der Waals surface area (Å²) in [6.07, 6.45) is 1.26. The predicted molar refractivity (Wildman–Crippen MR) is 64.7 cm³/mol. The Bertz CT molecular complexity index is 465. The molecule has 1 saturated heterocycles. The van der Waals surface area contributed by atoms with Gasteiger partial charge in [0.05, 0.1) is 18.8 Å². The predicted octanol–water partition coefficient (Wildman–Crippen LogP) is 2.79. The standard InChI is InChI=1S/C14H18O3/c1-8-5-12-10(6-11(8)15-4)14(3)7-13(16-12)9(2)17-14/h5-6,9,13H,7H2,1-4H3/t9-,13+,14+/m0/s1. The van der Waals surface area contributed by atoms with E-state index in [9.17, 15) is 0 Å². The molecule has 2 heterocycles. The van der Waals surface area contributed by atoms with E-state index >= 15 is 0 Å². The van der Waals surface area contributed by atoms with Crippen LogP contribution in [0.2, 0.25) is 0 Å². The Labute approximate surface area is 102 Å². The quantitative estimate of drug-likeness (QED) is 0.747. The minimum absolute atomic E-state index is 0.152. The average Bonchev–Trinajstić information content (AvgIpc) is 2.50. The lowest BCUT2D eigenvalue weighted by Crippen LogP contribution is -2.29. The molecular formula is C14H18O3. The molecular weight excluding hydrogens is 216 g/mol. The Morgan fingerprint density at radius 1 is 1.41 bits per heavy atom. The zero-order chi connectivity index (χ0) is 12.2. The van der Waals surface area contributed by atoms with Gasteiger partial charge in [-0.1, -0.05) is 0 Å². The first-order chi connectivity index (χ1) is 8.03. The van der Waals surface area contributed by atoms with Crippen LogP contribution in [-0.2, 0) is 10.3 Å². The number of rotatable bonds is 1. The Morgan fingerprint density at radius 2 is 2.18 bits per heavy atom. The topological polar surface area (TPSA) is 27.7 Å². The molecule has 0 unspecified atom stereocenters. The summed E-state index contributed by atoms with van der Waals surface area (Å²) in [6.45, 7) is 6.25. The lowest BCUT2D eigenvalue weighted by Gasteiger charge is -2.31. The number of aryl methyl sites for hydroxylation is 1. The number of ether oxygens (including phenoxy) is 3. The fourth-order valence-electron chi connectivity index (χ4n) is 2.95. The second-order valence-electron chi connectivity index (χ2n) is 5.23. The van der Waals surface area contributed by atoms with Crippen LogP contribution in [0.15, 0.2) is 12.1 Å². The van der Waals surface area contributed by atoms with E-state index in [0.717, 1.165) is 29.0 Å². The van der Waals surface area contributed by atoms with Crippen molar-refractivity contribution in [1.29, 1.82) is 0 Å². The number of hydrogen-bond acceptors (Lipinski definition) is 3. The maximum atomic E-state index is 6.06. The van der Waals surface area contributed by atoms with Gasteiger partial charge in [-0.15, -0.1) is 0 Å². The molecule has 0 aliphatic carbocycles. The molecule has 1 fully saturated rings. The molecule has 3 atom stereocenters. The molecule has 0 amide bonds. The number of methoxy groups -OCH3 is 1. The van der Waals surface area contributed by atoms with Crippen molar-refractivity contribution in [1.82, 2.24) is 0 Å². The number of benzene rings is 1. The second kappa shape index (κ2) is 3.39. The largest absolute Gasteiger partial charge is 0.496 e. The van der Waals surface area contributed by atoms with Gasteiger partial charge in [0.1, 0.15) is 17.6 Å². The first-order valence-corrected chi connectivity index (χ1v) is 6.07. The summed E-state index contributed by atoms with van der Waals surface area (Å²) in [5.41, 5.74) is 1.99. The second-order valence-corrected chi connectivity index (χ2v) is 5.23. The smallest absolute Gasteiger partial charge is 0.128 e. The highest BCUT2D eigenvalue weighted by atomic mass is 16.6. The Hall–Kier alpha value is -1.22. The third-order valence-corrected chi connectivity index (χ3v) is 3.91. The zero-order valence-electron chi connectivity index (χ0n) is 10.7. The molecule has 2 aliphatic rings. The molecule has 2 aliphatic heterocycles. The molecule has 3 rings (SSSR count). The first-order valence-electron chi connectivity index (χ1n) is 6.07. The van der Waals surface area contributed by atoms with Gasteiger partial charge < -0.3 is 14.2 Å². The van der Waals surface area contributed by atoms with E-state index in [-0.39, 0.29) is 17.8 Å². The zero-order valence-corrected chi connectivity index (χ0v) is 10.7. The van der Waals surface area contributed by atoms with Gasteiger partial charge in [0.25, 0.3) is 0 Å². The van der Waals surface area contributed by atoms with Crippen LogP contribution in [0.1, 0.15) is 31.4 Å². The van der Waals surface area contributed by atoms with E-state index in [1.807, 2.05) is 6.92 Å². The van der Waals surface area contributed by atoms with Crippen molar-refractivity contribution in [2.75, 3.05) is 7.11 Å². The maximum Gasteiger partial charge on any atom is 0.128 e. The number of fused-ring (bicyclic) bond motifs is 4. The lowest BCUT2D eigenvalue weighted by molar-refractivity contribution is -0.0254. The van der Waals surface area contributed by atoms with Crippen LogP contribution in [0.4, 0.5) is 0 Å². The van der Waals surface area contributed by atoms with Crippen molar-refractivity contribution >= 4 is 0 Å². The fraction of sp³-hybridized carbons (Fsp3) is 0.571.